The van der Waals surface area contributed by atoms with E-state index in [4.69, 9.17) is 9.47 Å². The number of fused-ring (bicyclic) bond motifs is 1. The van der Waals surface area contributed by atoms with Gasteiger partial charge in [0.25, 0.3) is 10.1 Å². The highest BCUT2D eigenvalue weighted by Crippen LogP contribution is 2.39. The molecule has 11 heteroatoms. The molecule has 1 aliphatic heterocycles. The van der Waals surface area contributed by atoms with Crippen molar-refractivity contribution < 1.29 is 31.2 Å². The lowest BCUT2D eigenvalue weighted by Crippen LogP contribution is -2.35. The van der Waals surface area contributed by atoms with Crippen LogP contribution < -0.4 is 0 Å². The van der Waals surface area contributed by atoms with Crippen molar-refractivity contribution in [2.45, 2.75) is 29.8 Å². The molecule has 0 spiro atoms. The van der Waals surface area contributed by atoms with Gasteiger partial charge in [0.2, 0.25) is 5.79 Å². The molecule has 0 unspecified atom stereocenters. The summed E-state index contributed by atoms with van der Waals surface area (Å²) in [5.41, 5.74) is 0.324. The molecule has 176 valence electrons. The van der Waals surface area contributed by atoms with E-state index in [1.807, 2.05) is 12.1 Å². The molecule has 2 heterocycles. The average Bonchev–Trinajstić information content (AvgIpc) is 3.44. The minimum absolute atomic E-state index is 0.0142. The van der Waals surface area contributed by atoms with E-state index in [9.17, 15) is 21.8 Å². The molecule has 1 saturated heterocycles. The van der Waals surface area contributed by atoms with Crippen LogP contribution in [0.3, 0.4) is 0 Å². The van der Waals surface area contributed by atoms with Gasteiger partial charge in [0.15, 0.2) is 0 Å². The summed E-state index contributed by atoms with van der Waals surface area (Å²) >= 11 is 0. The zero-order chi connectivity index (χ0) is 23.9. The molecule has 0 saturated carbocycles. The summed E-state index contributed by atoms with van der Waals surface area (Å²) in [4.78, 5) is 3.64. The SMILES string of the molecule is O=S(=O)(O)c1ccc2ccccc2c1C[C@@H]1CO[C@@](Cn2cncn2)(c2ccc(F)cc2F)O1. The fourth-order valence-electron chi connectivity index (χ4n) is 4.30. The molecule has 4 aromatic rings. The molecule has 5 rings (SSSR count). The second-order valence-electron chi connectivity index (χ2n) is 7.96. The van der Waals surface area contributed by atoms with Gasteiger partial charge in [-0.3, -0.25) is 4.55 Å². The summed E-state index contributed by atoms with van der Waals surface area (Å²) in [6, 6.07) is 13.2. The van der Waals surface area contributed by atoms with Crippen LogP contribution in [0.4, 0.5) is 8.78 Å². The van der Waals surface area contributed by atoms with Gasteiger partial charge in [0.05, 0.1) is 17.6 Å². The molecule has 1 N–H and O–H groups in total. The Balaban J connectivity index is 1.54. The van der Waals surface area contributed by atoms with E-state index in [-0.39, 0.29) is 30.0 Å². The first kappa shape index (κ1) is 22.5. The number of benzene rings is 3. The van der Waals surface area contributed by atoms with Gasteiger partial charge in [0, 0.05) is 18.1 Å². The van der Waals surface area contributed by atoms with E-state index in [1.54, 1.807) is 18.2 Å². The van der Waals surface area contributed by atoms with Crippen molar-refractivity contribution in [1.82, 2.24) is 14.8 Å². The van der Waals surface area contributed by atoms with Crippen LogP contribution in [0.2, 0.25) is 0 Å². The smallest absolute Gasteiger partial charge is 0.294 e. The van der Waals surface area contributed by atoms with Gasteiger partial charge < -0.3 is 9.47 Å². The van der Waals surface area contributed by atoms with Crippen molar-refractivity contribution in [3.05, 3.63) is 90.0 Å². The van der Waals surface area contributed by atoms with E-state index >= 15 is 0 Å². The number of hydrogen-bond acceptors (Lipinski definition) is 6. The molecule has 0 bridgehead atoms. The van der Waals surface area contributed by atoms with Gasteiger partial charge >= 0.3 is 0 Å². The van der Waals surface area contributed by atoms with Gasteiger partial charge in [-0.25, -0.2) is 18.4 Å². The van der Waals surface area contributed by atoms with Crippen molar-refractivity contribution in [3.63, 3.8) is 0 Å². The monoisotopic (exact) mass is 487 g/mol. The van der Waals surface area contributed by atoms with Crippen LogP contribution in [0.15, 0.2) is 72.1 Å². The standard InChI is InChI=1S/C23H19F2N3O5S/c24-16-6-7-20(21(25)9-16)23(12-28-14-26-13-27-28)32-11-17(33-23)10-19-18-4-2-1-3-15(18)5-8-22(19)34(29,30)31/h1-9,13-14,17H,10-12H2,(H,29,30,31)/t17-,23-/m1/s1. The molecule has 34 heavy (non-hydrogen) atoms. The molecule has 1 fully saturated rings. The van der Waals surface area contributed by atoms with Crippen molar-refractivity contribution in [3.8, 4) is 0 Å². The van der Waals surface area contributed by atoms with Gasteiger partial charge in [-0.15, -0.1) is 0 Å². The van der Waals surface area contributed by atoms with Gasteiger partial charge in [0.1, 0.15) is 30.8 Å². The Morgan fingerprint density at radius 2 is 1.97 bits per heavy atom. The summed E-state index contributed by atoms with van der Waals surface area (Å²) in [5, 5.41) is 5.44. The Hall–Kier alpha value is -3.25. The number of ether oxygens (including phenoxy) is 2. The van der Waals surface area contributed by atoms with Crippen LogP contribution in [-0.4, -0.2) is 40.4 Å². The van der Waals surface area contributed by atoms with E-state index < -0.39 is 33.6 Å². The van der Waals surface area contributed by atoms with Crippen LogP contribution >= 0.6 is 0 Å². The largest absolute Gasteiger partial charge is 0.342 e. The highest BCUT2D eigenvalue weighted by molar-refractivity contribution is 7.85. The second-order valence-corrected chi connectivity index (χ2v) is 9.35. The van der Waals surface area contributed by atoms with E-state index in [0.717, 1.165) is 17.5 Å². The molecule has 1 aliphatic rings. The van der Waals surface area contributed by atoms with Crippen molar-refractivity contribution >= 4 is 20.9 Å². The maximum Gasteiger partial charge on any atom is 0.294 e. The van der Waals surface area contributed by atoms with Crippen LogP contribution in [0.5, 0.6) is 0 Å². The quantitative estimate of drug-likeness (QED) is 0.416. The van der Waals surface area contributed by atoms with Crippen molar-refractivity contribution in [1.29, 1.82) is 0 Å². The van der Waals surface area contributed by atoms with Gasteiger partial charge in [-0.05, 0) is 34.5 Å². The van der Waals surface area contributed by atoms with Gasteiger partial charge in [-0.1, -0.05) is 30.3 Å². The first-order valence-electron chi connectivity index (χ1n) is 10.3. The highest BCUT2D eigenvalue weighted by Gasteiger charge is 2.46. The summed E-state index contributed by atoms with van der Waals surface area (Å²) in [5.74, 6) is -3.26. The minimum Gasteiger partial charge on any atom is -0.342 e. The molecule has 0 amide bonds. The summed E-state index contributed by atoms with van der Waals surface area (Å²) in [6.07, 6.45) is 2.05. The molecular formula is C23H19F2N3O5S. The Morgan fingerprint density at radius 3 is 2.71 bits per heavy atom. The normalized spacial score (nSPS) is 20.7. The zero-order valence-corrected chi connectivity index (χ0v) is 18.5. The first-order valence-corrected chi connectivity index (χ1v) is 11.8. The topological polar surface area (TPSA) is 104 Å². The van der Waals surface area contributed by atoms with E-state index in [1.165, 1.54) is 29.5 Å². The number of aromatic nitrogens is 3. The maximum atomic E-state index is 14.8. The number of halogens is 2. The van der Waals surface area contributed by atoms with Crippen molar-refractivity contribution in [2.24, 2.45) is 0 Å². The fraction of sp³-hybridized carbons (Fsp3) is 0.217. The molecule has 3 aromatic carbocycles. The molecule has 0 aliphatic carbocycles. The lowest BCUT2D eigenvalue weighted by molar-refractivity contribution is -0.190. The maximum absolute atomic E-state index is 14.8. The Bertz CT molecular complexity index is 1460. The van der Waals surface area contributed by atoms with E-state index in [2.05, 4.69) is 10.1 Å². The lowest BCUT2D eigenvalue weighted by Gasteiger charge is -2.29. The van der Waals surface area contributed by atoms with E-state index in [0.29, 0.717) is 10.9 Å². The Labute approximate surface area is 193 Å². The highest BCUT2D eigenvalue weighted by atomic mass is 32.2. The van der Waals surface area contributed by atoms with Crippen LogP contribution in [-0.2, 0) is 38.3 Å². The van der Waals surface area contributed by atoms with Crippen LogP contribution in [0, 0.1) is 11.6 Å². The lowest BCUT2D eigenvalue weighted by atomic mass is 9.99. The summed E-state index contributed by atoms with van der Waals surface area (Å²) in [7, 11) is -4.52. The minimum atomic E-state index is -4.52. The van der Waals surface area contributed by atoms with Gasteiger partial charge in [-0.2, -0.15) is 13.5 Å². The Morgan fingerprint density at radius 1 is 1.15 bits per heavy atom. The number of nitrogens with zero attached hydrogens (tertiary/aromatic N) is 3. The molecule has 1 aromatic heterocycles. The third-order valence-electron chi connectivity index (χ3n) is 5.74. The summed E-state index contributed by atoms with van der Waals surface area (Å²) in [6.45, 7) is -0.0909. The fourth-order valence-corrected chi connectivity index (χ4v) is 5.04. The molecule has 0 radical (unpaired) electrons. The van der Waals surface area contributed by atoms with Crippen LogP contribution in [0.25, 0.3) is 10.8 Å². The van der Waals surface area contributed by atoms with Crippen molar-refractivity contribution in [2.75, 3.05) is 6.61 Å². The molecule has 2 atom stereocenters. The molecule has 8 nitrogen and oxygen atoms in total. The predicted molar refractivity (Wildman–Crippen MR) is 116 cm³/mol. The number of hydrogen-bond donors (Lipinski definition) is 1. The van der Waals surface area contributed by atoms with Crippen LogP contribution in [0.1, 0.15) is 11.1 Å². The third kappa shape index (κ3) is 4.18. The predicted octanol–water partition coefficient (Wildman–Crippen LogP) is 3.47. The molecular weight excluding hydrogens is 468 g/mol. The third-order valence-corrected chi connectivity index (χ3v) is 6.68. The zero-order valence-electron chi connectivity index (χ0n) is 17.6. The average molecular weight is 487 g/mol. The Kier molecular flexibility index (Phi) is 5.64. The second kappa shape index (κ2) is 8.51. The summed E-state index contributed by atoms with van der Waals surface area (Å²) < 4.78 is 75.9. The number of rotatable bonds is 6. The first-order chi connectivity index (χ1) is 16.2.